The van der Waals surface area contributed by atoms with Gasteiger partial charge in [0.2, 0.25) is 0 Å². The normalized spacial score (nSPS) is 14.8. The number of anilines is 2. The summed E-state index contributed by atoms with van der Waals surface area (Å²) in [5, 5.41) is 15.0. The maximum absolute atomic E-state index is 12.8. The molecule has 3 aromatic rings. The van der Waals surface area contributed by atoms with E-state index in [1.165, 1.54) is 17.4 Å². The molecule has 0 unspecified atom stereocenters. The van der Waals surface area contributed by atoms with Gasteiger partial charge >= 0.3 is 0 Å². The van der Waals surface area contributed by atoms with Crippen molar-refractivity contribution in [2.75, 3.05) is 23.3 Å². The van der Waals surface area contributed by atoms with Gasteiger partial charge in [0.25, 0.3) is 11.6 Å². The molecule has 8 heteroatoms. The maximum atomic E-state index is 12.8. The molecule has 7 nitrogen and oxygen atoms in total. The van der Waals surface area contributed by atoms with E-state index in [4.69, 9.17) is 0 Å². The number of piperidine rings is 1. The Balaban J connectivity index is 1.59. The highest BCUT2D eigenvalue weighted by Gasteiger charge is 2.25. The molecule has 1 aliphatic heterocycles. The van der Waals surface area contributed by atoms with E-state index < -0.39 is 10.8 Å². The fraction of sp³-hybridized carbons (Fsp3) is 0.364. The van der Waals surface area contributed by atoms with Gasteiger partial charge in [-0.2, -0.15) is 0 Å². The van der Waals surface area contributed by atoms with E-state index in [1.807, 2.05) is 24.8 Å². The highest BCUT2D eigenvalue weighted by atomic mass is 32.1. The summed E-state index contributed by atoms with van der Waals surface area (Å²) in [6.07, 6.45) is 2.02. The number of hydrogen-bond donors (Lipinski definition) is 1. The smallest absolute Gasteiger partial charge is 0.293 e. The van der Waals surface area contributed by atoms with Crippen molar-refractivity contribution < 1.29 is 9.72 Å². The number of aryl methyl sites for hydroxylation is 2. The van der Waals surface area contributed by atoms with E-state index in [-0.39, 0.29) is 11.3 Å². The van der Waals surface area contributed by atoms with Gasteiger partial charge in [0, 0.05) is 24.7 Å². The van der Waals surface area contributed by atoms with Crippen LogP contribution in [0.5, 0.6) is 0 Å². The van der Waals surface area contributed by atoms with Gasteiger partial charge in [-0.05, 0) is 61.9 Å². The van der Waals surface area contributed by atoms with Crippen molar-refractivity contribution in [3.63, 3.8) is 0 Å². The Morgan fingerprint density at radius 3 is 2.67 bits per heavy atom. The summed E-state index contributed by atoms with van der Waals surface area (Å²) in [5.41, 5.74) is 3.85. The number of nitrogens with zero attached hydrogens (tertiary/aromatic N) is 3. The third-order valence-corrected chi connectivity index (χ3v) is 6.53. The van der Waals surface area contributed by atoms with Crippen molar-refractivity contribution in [3.05, 3.63) is 57.1 Å². The lowest BCUT2D eigenvalue weighted by Crippen LogP contribution is -2.33. The number of nitro groups is 1. The van der Waals surface area contributed by atoms with Gasteiger partial charge in [0.05, 0.1) is 15.1 Å². The van der Waals surface area contributed by atoms with E-state index in [0.717, 1.165) is 47.3 Å². The first kappa shape index (κ1) is 20.3. The summed E-state index contributed by atoms with van der Waals surface area (Å²) in [6.45, 7) is 7.79. The van der Waals surface area contributed by atoms with Gasteiger partial charge in [0.1, 0.15) is 5.69 Å². The molecule has 1 fully saturated rings. The zero-order valence-electron chi connectivity index (χ0n) is 17.3. The number of rotatable bonds is 4. The van der Waals surface area contributed by atoms with Crippen LogP contribution in [0.4, 0.5) is 16.5 Å². The topological polar surface area (TPSA) is 88.4 Å². The summed E-state index contributed by atoms with van der Waals surface area (Å²) >= 11 is 1.40. The fourth-order valence-electron chi connectivity index (χ4n) is 3.92. The van der Waals surface area contributed by atoms with Crippen LogP contribution in [0.2, 0.25) is 0 Å². The van der Waals surface area contributed by atoms with Crippen LogP contribution in [0.15, 0.2) is 30.3 Å². The number of fused-ring (bicyclic) bond motifs is 1. The summed E-state index contributed by atoms with van der Waals surface area (Å²) in [4.78, 5) is 30.6. The van der Waals surface area contributed by atoms with E-state index in [0.29, 0.717) is 16.7 Å². The van der Waals surface area contributed by atoms with Gasteiger partial charge in [-0.15, -0.1) is 0 Å². The molecule has 1 aliphatic rings. The number of nitrogens with one attached hydrogen (secondary N) is 1. The van der Waals surface area contributed by atoms with Crippen LogP contribution in [0.1, 0.15) is 41.3 Å². The number of benzene rings is 2. The van der Waals surface area contributed by atoms with Gasteiger partial charge in [-0.25, -0.2) is 4.98 Å². The molecule has 1 aromatic heterocycles. The van der Waals surface area contributed by atoms with Crippen molar-refractivity contribution in [1.82, 2.24) is 4.98 Å². The van der Waals surface area contributed by atoms with E-state index in [1.54, 1.807) is 12.1 Å². The zero-order chi connectivity index (χ0) is 21.4. The largest absolute Gasteiger partial charge is 0.366 e. The zero-order valence-corrected chi connectivity index (χ0v) is 18.1. The lowest BCUT2D eigenvalue weighted by atomic mass is 9.98. The highest BCUT2D eigenvalue weighted by Crippen LogP contribution is 2.33. The molecule has 2 heterocycles. The summed E-state index contributed by atoms with van der Waals surface area (Å²) in [5.74, 6) is 0.233. The first-order valence-electron chi connectivity index (χ1n) is 10.0. The molecule has 4 rings (SSSR count). The quantitative estimate of drug-likeness (QED) is 0.453. The van der Waals surface area contributed by atoms with Crippen LogP contribution in [-0.4, -0.2) is 28.9 Å². The third-order valence-electron chi connectivity index (χ3n) is 5.61. The number of carbonyl (C=O) groups excluding carboxylic acids is 1. The Morgan fingerprint density at radius 2 is 1.97 bits per heavy atom. The van der Waals surface area contributed by atoms with E-state index >= 15 is 0 Å². The number of nitro benzene ring substituents is 1. The highest BCUT2D eigenvalue weighted by molar-refractivity contribution is 7.22. The maximum Gasteiger partial charge on any atom is 0.293 e. The Labute approximate surface area is 178 Å². The third kappa shape index (κ3) is 4.00. The Morgan fingerprint density at radius 1 is 1.23 bits per heavy atom. The van der Waals surface area contributed by atoms with Gasteiger partial charge < -0.3 is 4.90 Å². The minimum atomic E-state index is -0.409. The molecule has 1 amide bonds. The average molecular weight is 425 g/mol. The van der Waals surface area contributed by atoms with Crippen LogP contribution in [0, 0.1) is 29.9 Å². The molecule has 0 spiro atoms. The number of thiazole rings is 1. The van der Waals surface area contributed by atoms with Crippen LogP contribution in [0.3, 0.4) is 0 Å². The molecule has 0 saturated carbocycles. The molecule has 1 saturated heterocycles. The lowest BCUT2D eigenvalue weighted by molar-refractivity contribution is -0.384. The molecule has 1 N–H and O–H groups in total. The van der Waals surface area contributed by atoms with Crippen LogP contribution in [0.25, 0.3) is 10.2 Å². The minimum Gasteiger partial charge on any atom is -0.366 e. The second kappa shape index (κ2) is 8.02. The Bertz CT molecular complexity index is 1130. The van der Waals surface area contributed by atoms with Crippen molar-refractivity contribution in [1.29, 1.82) is 0 Å². The van der Waals surface area contributed by atoms with Gasteiger partial charge in [-0.1, -0.05) is 24.3 Å². The predicted octanol–water partition coefficient (Wildman–Crippen LogP) is 5.31. The first-order valence-corrected chi connectivity index (χ1v) is 10.9. The van der Waals surface area contributed by atoms with Crippen LogP contribution in [-0.2, 0) is 0 Å². The molecule has 0 atom stereocenters. The number of aromatic nitrogens is 1. The predicted molar refractivity (Wildman–Crippen MR) is 121 cm³/mol. The summed E-state index contributed by atoms with van der Waals surface area (Å²) in [7, 11) is 0. The molecular formula is C22H24N4O3S. The number of carbonyl (C=O) groups is 1. The Hall–Kier alpha value is -3.00. The second-order valence-electron chi connectivity index (χ2n) is 8.03. The standard InChI is InChI=1S/C22H24N4O3S/c1-13-6-8-25(9-7-13)17-5-4-16(12-18(17)26(28)29)21(27)24-22-23-20-15(3)10-14(2)11-19(20)30-22/h4-5,10-13H,6-9H2,1-3H3,(H,23,24,27). The molecule has 0 radical (unpaired) electrons. The molecule has 156 valence electrons. The summed E-state index contributed by atoms with van der Waals surface area (Å²) < 4.78 is 1.00. The van der Waals surface area contributed by atoms with Crippen LogP contribution < -0.4 is 10.2 Å². The number of hydrogen-bond acceptors (Lipinski definition) is 6. The molecule has 0 bridgehead atoms. The molecule has 0 aliphatic carbocycles. The van der Waals surface area contributed by atoms with Crippen LogP contribution >= 0.6 is 11.3 Å². The molecule has 2 aromatic carbocycles. The van der Waals surface area contributed by atoms with Crippen molar-refractivity contribution in [3.8, 4) is 0 Å². The monoisotopic (exact) mass is 424 g/mol. The van der Waals surface area contributed by atoms with Gasteiger partial charge in [-0.3, -0.25) is 20.2 Å². The van der Waals surface area contributed by atoms with E-state index in [2.05, 4.69) is 23.3 Å². The van der Waals surface area contributed by atoms with Crippen molar-refractivity contribution >= 4 is 44.0 Å². The second-order valence-corrected chi connectivity index (χ2v) is 9.06. The number of amides is 1. The fourth-order valence-corrected chi connectivity index (χ4v) is 4.96. The van der Waals surface area contributed by atoms with Crippen molar-refractivity contribution in [2.45, 2.75) is 33.6 Å². The first-order chi connectivity index (χ1) is 14.3. The summed E-state index contributed by atoms with van der Waals surface area (Å²) in [6, 6.07) is 8.80. The molecular weight excluding hydrogens is 400 g/mol. The van der Waals surface area contributed by atoms with E-state index in [9.17, 15) is 14.9 Å². The average Bonchev–Trinajstić information content (AvgIpc) is 3.10. The van der Waals surface area contributed by atoms with Gasteiger partial charge in [0.15, 0.2) is 5.13 Å². The Kier molecular flexibility index (Phi) is 5.42. The SMILES string of the molecule is Cc1cc(C)c2nc(NC(=O)c3ccc(N4CCC(C)CC4)c([N+](=O)[O-])c3)sc2c1. The molecule has 30 heavy (non-hydrogen) atoms. The minimum absolute atomic E-state index is 0.0343. The van der Waals surface area contributed by atoms with Crippen molar-refractivity contribution in [2.24, 2.45) is 5.92 Å². The lowest BCUT2D eigenvalue weighted by Gasteiger charge is -2.31.